The third-order valence-electron chi connectivity index (χ3n) is 2.31. The van der Waals surface area contributed by atoms with Gasteiger partial charge < -0.3 is 15.5 Å². The monoisotopic (exact) mass is 247 g/mol. The molecule has 0 fully saturated rings. The molecule has 92 valence electrons. The van der Waals surface area contributed by atoms with E-state index in [1.165, 1.54) is 30.3 Å². The van der Waals surface area contributed by atoms with Crippen LogP contribution in [-0.2, 0) is 0 Å². The highest BCUT2D eigenvalue weighted by Gasteiger charge is 2.12. The van der Waals surface area contributed by atoms with Crippen molar-refractivity contribution in [1.82, 2.24) is 0 Å². The predicted molar refractivity (Wildman–Crippen MR) is 64.1 cm³/mol. The Bertz CT molecular complexity index is 599. The number of nitrogens with one attached hydrogen (secondary N) is 1. The zero-order chi connectivity index (χ0) is 13.1. The third-order valence-corrected chi connectivity index (χ3v) is 2.31. The number of benzene rings is 2. The Balaban J connectivity index is 2.24. The van der Waals surface area contributed by atoms with Gasteiger partial charge in [0.05, 0.1) is 5.56 Å². The molecule has 4 nitrogen and oxygen atoms in total. The number of carbonyl (C=O) groups is 1. The minimum absolute atomic E-state index is 0.0840. The van der Waals surface area contributed by atoms with Gasteiger partial charge in [-0.05, 0) is 36.4 Å². The number of anilines is 1. The van der Waals surface area contributed by atoms with Crippen LogP contribution in [0.15, 0.2) is 42.5 Å². The molecule has 0 aromatic heterocycles. The summed E-state index contributed by atoms with van der Waals surface area (Å²) in [5, 5.41) is 21.2. The first-order valence-corrected chi connectivity index (χ1v) is 5.15. The van der Waals surface area contributed by atoms with E-state index in [1.807, 2.05) is 0 Å². The van der Waals surface area contributed by atoms with E-state index in [1.54, 1.807) is 0 Å². The lowest BCUT2D eigenvalue weighted by Gasteiger charge is -2.07. The van der Waals surface area contributed by atoms with Gasteiger partial charge in [0.1, 0.15) is 17.3 Å². The van der Waals surface area contributed by atoms with Gasteiger partial charge in [-0.25, -0.2) is 4.39 Å². The Kier molecular flexibility index (Phi) is 3.14. The number of halogens is 1. The molecule has 3 N–H and O–H groups in total. The normalized spacial score (nSPS) is 10.1. The molecule has 0 aliphatic rings. The fourth-order valence-electron chi connectivity index (χ4n) is 1.47. The summed E-state index contributed by atoms with van der Waals surface area (Å²) in [6, 6.07) is 8.96. The molecular weight excluding hydrogens is 237 g/mol. The second kappa shape index (κ2) is 4.75. The standard InChI is InChI=1S/C13H10FNO3/c14-8-2-1-3-9(6-8)15-13(18)11-7-10(16)4-5-12(11)17/h1-7,16-17H,(H,15,18). The number of aromatic hydroxyl groups is 2. The molecule has 2 aromatic rings. The second-order valence-electron chi connectivity index (χ2n) is 3.67. The highest BCUT2D eigenvalue weighted by molar-refractivity contribution is 6.06. The van der Waals surface area contributed by atoms with Gasteiger partial charge in [0.15, 0.2) is 0 Å². The van der Waals surface area contributed by atoms with Crippen LogP contribution in [0.1, 0.15) is 10.4 Å². The smallest absolute Gasteiger partial charge is 0.259 e. The summed E-state index contributed by atoms with van der Waals surface area (Å²) in [5.74, 6) is -1.51. The number of phenols is 2. The maximum atomic E-state index is 12.9. The Morgan fingerprint density at radius 3 is 2.61 bits per heavy atom. The van der Waals surface area contributed by atoms with Crippen molar-refractivity contribution in [2.75, 3.05) is 5.32 Å². The Morgan fingerprint density at radius 2 is 1.89 bits per heavy atom. The van der Waals surface area contributed by atoms with Gasteiger partial charge in [-0.15, -0.1) is 0 Å². The first-order chi connectivity index (χ1) is 8.56. The van der Waals surface area contributed by atoms with Crippen LogP contribution in [0.25, 0.3) is 0 Å². The zero-order valence-electron chi connectivity index (χ0n) is 9.22. The van der Waals surface area contributed by atoms with Crippen LogP contribution in [0.3, 0.4) is 0 Å². The molecule has 0 saturated carbocycles. The zero-order valence-corrected chi connectivity index (χ0v) is 9.22. The molecule has 2 rings (SSSR count). The summed E-state index contributed by atoms with van der Waals surface area (Å²) in [6.07, 6.45) is 0. The van der Waals surface area contributed by atoms with Crippen LogP contribution in [0.2, 0.25) is 0 Å². The number of phenolic OH excluding ortho intramolecular Hbond substituents is 2. The van der Waals surface area contributed by atoms with Crippen molar-refractivity contribution in [2.45, 2.75) is 0 Å². The van der Waals surface area contributed by atoms with Crippen molar-refractivity contribution < 1.29 is 19.4 Å². The number of hydrogen-bond acceptors (Lipinski definition) is 3. The Hall–Kier alpha value is -2.56. The van der Waals surface area contributed by atoms with E-state index in [0.717, 1.165) is 12.1 Å². The summed E-state index contributed by atoms with van der Waals surface area (Å²) in [6.45, 7) is 0. The largest absolute Gasteiger partial charge is 0.508 e. The van der Waals surface area contributed by atoms with Crippen molar-refractivity contribution in [2.24, 2.45) is 0 Å². The van der Waals surface area contributed by atoms with Crippen molar-refractivity contribution in [3.8, 4) is 11.5 Å². The quantitative estimate of drug-likeness (QED) is 0.714. The van der Waals surface area contributed by atoms with Crippen LogP contribution in [0.4, 0.5) is 10.1 Å². The van der Waals surface area contributed by atoms with E-state index < -0.39 is 11.7 Å². The maximum Gasteiger partial charge on any atom is 0.259 e. The predicted octanol–water partition coefficient (Wildman–Crippen LogP) is 2.49. The van der Waals surface area contributed by atoms with Crippen molar-refractivity contribution in [3.05, 3.63) is 53.8 Å². The average molecular weight is 247 g/mol. The molecule has 0 aliphatic carbocycles. The van der Waals surface area contributed by atoms with Gasteiger partial charge in [0.2, 0.25) is 0 Å². The average Bonchev–Trinajstić information content (AvgIpc) is 2.32. The first kappa shape index (κ1) is 11.9. The molecule has 0 spiro atoms. The molecule has 0 atom stereocenters. The van der Waals surface area contributed by atoms with Crippen LogP contribution < -0.4 is 5.32 Å². The molecule has 1 amide bonds. The molecule has 0 saturated heterocycles. The van der Waals surface area contributed by atoms with Gasteiger partial charge in [-0.2, -0.15) is 0 Å². The van der Waals surface area contributed by atoms with E-state index in [0.29, 0.717) is 0 Å². The van der Waals surface area contributed by atoms with E-state index >= 15 is 0 Å². The molecule has 0 aliphatic heterocycles. The van der Waals surface area contributed by atoms with Gasteiger partial charge in [-0.1, -0.05) is 6.07 Å². The van der Waals surface area contributed by atoms with Gasteiger partial charge in [0.25, 0.3) is 5.91 Å². The number of carbonyl (C=O) groups excluding carboxylic acids is 1. The topological polar surface area (TPSA) is 69.6 Å². The Labute approximate surface area is 102 Å². The fourth-order valence-corrected chi connectivity index (χ4v) is 1.47. The second-order valence-corrected chi connectivity index (χ2v) is 3.67. The lowest BCUT2D eigenvalue weighted by molar-refractivity contribution is 0.102. The summed E-state index contributed by atoms with van der Waals surface area (Å²) in [7, 11) is 0. The molecule has 0 heterocycles. The summed E-state index contributed by atoms with van der Waals surface area (Å²) in [5.41, 5.74) is 0.182. The first-order valence-electron chi connectivity index (χ1n) is 5.15. The number of amides is 1. The molecule has 2 aromatic carbocycles. The van der Waals surface area contributed by atoms with E-state index in [-0.39, 0.29) is 22.7 Å². The number of hydrogen-bond donors (Lipinski definition) is 3. The molecule has 5 heteroatoms. The number of rotatable bonds is 2. The van der Waals surface area contributed by atoms with Crippen LogP contribution >= 0.6 is 0 Å². The molecule has 0 radical (unpaired) electrons. The van der Waals surface area contributed by atoms with Crippen molar-refractivity contribution in [1.29, 1.82) is 0 Å². The minimum atomic E-state index is -0.631. The van der Waals surface area contributed by atoms with Crippen LogP contribution in [-0.4, -0.2) is 16.1 Å². The maximum absolute atomic E-state index is 12.9. The SMILES string of the molecule is O=C(Nc1cccc(F)c1)c1cc(O)ccc1O. The molecule has 0 unspecified atom stereocenters. The highest BCUT2D eigenvalue weighted by atomic mass is 19.1. The lowest BCUT2D eigenvalue weighted by Crippen LogP contribution is -2.12. The van der Waals surface area contributed by atoms with Crippen LogP contribution in [0.5, 0.6) is 11.5 Å². The third kappa shape index (κ3) is 2.57. The molecule has 0 bridgehead atoms. The summed E-state index contributed by atoms with van der Waals surface area (Å²) in [4.78, 5) is 11.8. The summed E-state index contributed by atoms with van der Waals surface area (Å²) < 4.78 is 12.9. The molecular formula is C13H10FNO3. The Morgan fingerprint density at radius 1 is 1.11 bits per heavy atom. The van der Waals surface area contributed by atoms with Gasteiger partial charge in [-0.3, -0.25) is 4.79 Å². The van der Waals surface area contributed by atoms with Gasteiger partial charge in [0, 0.05) is 5.69 Å². The molecule has 18 heavy (non-hydrogen) atoms. The lowest BCUT2D eigenvalue weighted by atomic mass is 10.1. The van der Waals surface area contributed by atoms with E-state index in [4.69, 9.17) is 0 Å². The summed E-state index contributed by atoms with van der Waals surface area (Å²) >= 11 is 0. The van der Waals surface area contributed by atoms with Crippen molar-refractivity contribution >= 4 is 11.6 Å². The highest BCUT2D eigenvalue weighted by Crippen LogP contribution is 2.23. The van der Waals surface area contributed by atoms with Gasteiger partial charge >= 0.3 is 0 Å². The van der Waals surface area contributed by atoms with E-state index in [2.05, 4.69) is 5.32 Å². The van der Waals surface area contributed by atoms with Crippen molar-refractivity contribution in [3.63, 3.8) is 0 Å². The van der Waals surface area contributed by atoms with Crippen LogP contribution in [0, 0.1) is 5.82 Å². The van der Waals surface area contributed by atoms with E-state index in [9.17, 15) is 19.4 Å². The fraction of sp³-hybridized carbons (Fsp3) is 0. The minimum Gasteiger partial charge on any atom is -0.508 e.